The van der Waals surface area contributed by atoms with E-state index in [2.05, 4.69) is 16.1 Å². The Balaban J connectivity index is 2.14. The smallest absolute Gasteiger partial charge is 0.337 e. The van der Waals surface area contributed by atoms with E-state index in [4.69, 9.17) is 5.26 Å². The van der Waals surface area contributed by atoms with Crippen molar-refractivity contribution in [1.29, 1.82) is 5.26 Å². The molecular weight excluding hydrogens is 244 g/mol. The lowest BCUT2D eigenvalue weighted by Gasteiger charge is -2.33. The number of hydrogen-bond acceptors (Lipinski definition) is 4. The van der Waals surface area contributed by atoms with Gasteiger partial charge in [0.05, 0.1) is 18.7 Å². The molecule has 0 radical (unpaired) electrons. The summed E-state index contributed by atoms with van der Waals surface area (Å²) in [6.45, 7) is 0. The first-order valence-electron chi connectivity index (χ1n) is 6.02. The molecule has 19 heavy (non-hydrogen) atoms. The number of nitrogens with one attached hydrogen (secondary N) is 1. The fraction of sp³-hybridized carbons (Fsp3) is 0.357. The summed E-state index contributed by atoms with van der Waals surface area (Å²) in [5.74, 6) is -0.766. The highest BCUT2D eigenvalue weighted by Crippen LogP contribution is 2.41. The molecule has 5 nitrogen and oxygen atoms in total. The third-order valence-corrected chi connectivity index (χ3v) is 3.40. The van der Waals surface area contributed by atoms with E-state index in [1.165, 1.54) is 13.2 Å². The molecule has 2 rings (SSSR count). The predicted molar refractivity (Wildman–Crippen MR) is 68.3 cm³/mol. The Morgan fingerprint density at radius 3 is 2.68 bits per heavy atom. The third-order valence-electron chi connectivity index (χ3n) is 3.40. The van der Waals surface area contributed by atoms with Crippen LogP contribution >= 0.6 is 0 Å². The number of nitriles is 1. The maximum atomic E-state index is 12.0. The fourth-order valence-electron chi connectivity index (χ4n) is 2.01. The summed E-state index contributed by atoms with van der Waals surface area (Å²) in [7, 11) is 1.30. The maximum Gasteiger partial charge on any atom is 0.337 e. The van der Waals surface area contributed by atoms with Crippen molar-refractivity contribution in [2.75, 3.05) is 12.4 Å². The molecule has 0 aromatic heterocycles. The van der Waals surface area contributed by atoms with E-state index >= 15 is 0 Å². The van der Waals surface area contributed by atoms with Crippen LogP contribution in [0.1, 0.15) is 29.6 Å². The van der Waals surface area contributed by atoms with Gasteiger partial charge in [-0.3, -0.25) is 4.79 Å². The molecule has 0 aliphatic heterocycles. The molecular formula is C14H14N2O3. The molecule has 5 heteroatoms. The molecule has 1 N–H and O–H groups in total. The van der Waals surface area contributed by atoms with Gasteiger partial charge in [0.2, 0.25) is 5.91 Å². The van der Waals surface area contributed by atoms with Gasteiger partial charge in [-0.2, -0.15) is 5.26 Å². The number of rotatable bonds is 3. The Kier molecular flexibility index (Phi) is 3.52. The maximum absolute atomic E-state index is 12.0. The summed E-state index contributed by atoms with van der Waals surface area (Å²) in [6, 6.07) is 8.55. The van der Waals surface area contributed by atoms with Crippen LogP contribution in [0.25, 0.3) is 0 Å². The number of nitrogens with zero attached hydrogens (tertiary/aromatic N) is 1. The fourth-order valence-corrected chi connectivity index (χ4v) is 2.01. The quantitative estimate of drug-likeness (QED) is 0.842. The number of benzene rings is 1. The number of esters is 1. The van der Waals surface area contributed by atoms with Gasteiger partial charge in [-0.1, -0.05) is 6.07 Å². The van der Waals surface area contributed by atoms with E-state index in [1.54, 1.807) is 18.2 Å². The van der Waals surface area contributed by atoms with Crippen molar-refractivity contribution in [3.8, 4) is 6.07 Å². The highest BCUT2D eigenvalue weighted by Gasteiger charge is 2.44. The molecule has 1 aromatic carbocycles. The minimum atomic E-state index is -0.902. The summed E-state index contributed by atoms with van der Waals surface area (Å²) in [4.78, 5) is 23.4. The summed E-state index contributed by atoms with van der Waals surface area (Å²) in [5, 5.41) is 11.8. The van der Waals surface area contributed by atoms with Crippen LogP contribution in [-0.4, -0.2) is 19.0 Å². The largest absolute Gasteiger partial charge is 0.465 e. The number of anilines is 1. The summed E-state index contributed by atoms with van der Waals surface area (Å²) < 4.78 is 4.61. The number of carbonyl (C=O) groups excluding carboxylic acids is 2. The lowest BCUT2D eigenvalue weighted by Crippen LogP contribution is -2.40. The number of carbonyl (C=O) groups is 2. The first kappa shape index (κ1) is 13.1. The van der Waals surface area contributed by atoms with E-state index in [1.807, 2.05) is 0 Å². The molecule has 98 valence electrons. The monoisotopic (exact) mass is 258 g/mol. The van der Waals surface area contributed by atoms with E-state index in [-0.39, 0.29) is 5.91 Å². The molecule has 1 aliphatic rings. The van der Waals surface area contributed by atoms with Crippen LogP contribution in [0, 0.1) is 16.7 Å². The molecule has 1 amide bonds. The first-order valence-corrected chi connectivity index (χ1v) is 6.02. The Labute approximate surface area is 111 Å². The molecule has 0 atom stereocenters. The summed E-state index contributed by atoms with van der Waals surface area (Å²) in [6.07, 6.45) is 2.07. The average Bonchev–Trinajstić information content (AvgIpc) is 2.37. The van der Waals surface area contributed by atoms with E-state index < -0.39 is 11.4 Å². The Morgan fingerprint density at radius 1 is 1.42 bits per heavy atom. The molecule has 1 saturated carbocycles. The first-order chi connectivity index (χ1) is 9.11. The molecule has 1 aromatic rings. The Morgan fingerprint density at radius 2 is 2.16 bits per heavy atom. The normalized spacial score (nSPS) is 15.8. The minimum absolute atomic E-state index is 0.303. The number of methoxy groups -OCH3 is 1. The van der Waals surface area contributed by atoms with Crippen LogP contribution in [0.5, 0.6) is 0 Å². The number of hydrogen-bond donors (Lipinski definition) is 1. The van der Waals surface area contributed by atoms with Crippen molar-refractivity contribution in [3.63, 3.8) is 0 Å². The van der Waals surface area contributed by atoms with Gasteiger partial charge in [-0.05, 0) is 37.5 Å². The highest BCUT2D eigenvalue weighted by atomic mass is 16.5. The van der Waals surface area contributed by atoms with Crippen molar-refractivity contribution in [3.05, 3.63) is 29.8 Å². The van der Waals surface area contributed by atoms with E-state index in [9.17, 15) is 9.59 Å². The molecule has 1 aliphatic carbocycles. The summed E-state index contributed by atoms with van der Waals surface area (Å²) >= 11 is 0. The second-order valence-corrected chi connectivity index (χ2v) is 4.57. The highest BCUT2D eigenvalue weighted by molar-refractivity contribution is 5.99. The van der Waals surface area contributed by atoms with Crippen molar-refractivity contribution in [2.24, 2.45) is 5.41 Å². The van der Waals surface area contributed by atoms with Gasteiger partial charge in [-0.15, -0.1) is 0 Å². The van der Waals surface area contributed by atoms with Gasteiger partial charge in [0.15, 0.2) is 0 Å². The van der Waals surface area contributed by atoms with Gasteiger partial charge < -0.3 is 10.1 Å². The van der Waals surface area contributed by atoms with Crippen LogP contribution in [0.2, 0.25) is 0 Å². The van der Waals surface area contributed by atoms with Crippen LogP contribution in [0.3, 0.4) is 0 Å². The van der Waals surface area contributed by atoms with Crippen molar-refractivity contribution >= 4 is 17.6 Å². The lowest BCUT2D eigenvalue weighted by molar-refractivity contribution is -0.126. The van der Waals surface area contributed by atoms with Gasteiger partial charge >= 0.3 is 5.97 Å². The zero-order valence-electron chi connectivity index (χ0n) is 10.6. The van der Waals surface area contributed by atoms with Gasteiger partial charge in [-0.25, -0.2) is 4.79 Å². The SMILES string of the molecule is COC(=O)c1cccc(NC(=O)C2(C#N)CCC2)c1. The van der Waals surface area contributed by atoms with Crippen LogP contribution in [0.4, 0.5) is 5.69 Å². The second kappa shape index (κ2) is 5.11. The topological polar surface area (TPSA) is 79.2 Å². The van der Waals surface area contributed by atoms with E-state index in [0.717, 1.165) is 6.42 Å². The van der Waals surface area contributed by atoms with Crippen molar-refractivity contribution < 1.29 is 14.3 Å². The number of ether oxygens (including phenoxy) is 1. The average molecular weight is 258 g/mol. The summed E-state index contributed by atoms with van der Waals surface area (Å²) in [5.41, 5.74) is -0.0456. The molecule has 1 fully saturated rings. The molecule has 0 bridgehead atoms. The molecule has 0 heterocycles. The van der Waals surface area contributed by atoms with Crippen LogP contribution in [-0.2, 0) is 9.53 Å². The molecule has 0 unspecified atom stereocenters. The standard InChI is InChI=1S/C14H14N2O3/c1-19-12(17)10-4-2-5-11(8-10)16-13(18)14(9-15)6-3-7-14/h2,4-5,8H,3,6-7H2,1H3,(H,16,18). The van der Waals surface area contributed by atoms with E-state index in [0.29, 0.717) is 24.1 Å². The predicted octanol–water partition coefficient (Wildman–Crippen LogP) is 2.11. The molecule has 0 spiro atoms. The molecule has 0 saturated heterocycles. The minimum Gasteiger partial charge on any atom is -0.465 e. The Bertz CT molecular complexity index is 556. The van der Waals surface area contributed by atoms with Gasteiger partial charge in [0.25, 0.3) is 0 Å². The zero-order chi connectivity index (χ0) is 13.9. The number of amides is 1. The Hall–Kier alpha value is -2.35. The van der Waals surface area contributed by atoms with Gasteiger partial charge in [0.1, 0.15) is 5.41 Å². The zero-order valence-corrected chi connectivity index (χ0v) is 10.6. The van der Waals surface area contributed by atoms with Crippen LogP contribution < -0.4 is 5.32 Å². The third kappa shape index (κ3) is 2.43. The van der Waals surface area contributed by atoms with Crippen LogP contribution in [0.15, 0.2) is 24.3 Å². The second-order valence-electron chi connectivity index (χ2n) is 4.57. The van der Waals surface area contributed by atoms with Crippen molar-refractivity contribution in [2.45, 2.75) is 19.3 Å². The van der Waals surface area contributed by atoms with Crippen molar-refractivity contribution in [1.82, 2.24) is 0 Å². The van der Waals surface area contributed by atoms with Gasteiger partial charge in [0, 0.05) is 5.69 Å². The lowest BCUT2D eigenvalue weighted by atomic mass is 9.69.